The Bertz CT molecular complexity index is 449. The normalized spacial score (nSPS) is 17.4. The Morgan fingerprint density at radius 1 is 1.56 bits per heavy atom. The fraction of sp³-hybridized carbons (Fsp3) is 0.538. The van der Waals surface area contributed by atoms with Gasteiger partial charge in [0.2, 0.25) is 0 Å². The van der Waals surface area contributed by atoms with Crippen molar-refractivity contribution in [2.45, 2.75) is 31.7 Å². The molecule has 5 heteroatoms. The van der Waals surface area contributed by atoms with E-state index >= 15 is 0 Å². The molecule has 96 valence electrons. The molecule has 1 saturated carbocycles. The van der Waals surface area contributed by atoms with Crippen LogP contribution in [0.1, 0.15) is 31.2 Å². The van der Waals surface area contributed by atoms with Crippen molar-refractivity contribution in [3.63, 3.8) is 0 Å². The molecule has 1 fully saturated rings. The molecule has 4 nitrogen and oxygen atoms in total. The van der Waals surface area contributed by atoms with Crippen LogP contribution >= 0.6 is 11.6 Å². The fourth-order valence-corrected chi connectivity index (χ4v) is 2.74. The first-order chi connectivity index (χ1) is 8.76. The predicted molar refractivity (Wildman–Crippen MR) is 72.4 cm³/mol. The first-order valence-corrected chi connectivity index (χ1v) is 6.65. The summed E-state index contributed by atoms with van der Waals surface area (Å²) < 4.78 is 0. The highest BCUT2D eigenvalue weighted by Crippen LogP contribution is 2.30. The number of hydrogen-bond donors (Lipinski definition) is 2. The third-order valence-electron chi connectivity index (χ3n) is 3.55. The van der Waals surface area contributed by atoms with E-state index in [1.54, 1.807) is 12.3 Å². The van der Waals surface area contributed by atoms with Crippen LogP contribution < -0.4 is 11.1 Å². The molecule has 0 aromatic carbocycles. The average Bonchev–Trinajstić information content (AvgIpc) is 2.91. The van der Waals surface area contributed by atoms with E-state index in [1.807, 2.05) is 0 Å². The van der Waals surface area contributed by atoms with Gasteiger partial charge in [0.25, 0.3) is 0 Å². The van der Waals surface area contributed by atoms with Crippen molar-refractivity contribution < 1.29 is 0 Å². The molecular weight excluding hydrogens is 248 g/mol. The number of pyridine rings is 1. The minimum atomic E-state index is 0.187. The molecule has 2 rings (SSSR count). The maximum Gasteiger partial charge on any atom is 0.146 e. The van der Waals surface area contributed by atoms with Crippen LogP contribution in [0, 0.1) is 17.2 Å². The lowest BCUT2D eigenvalue weighted by Crippen LogP contribution is -2.35. The van der Waals surface area contributed by atoms with Gasteiger partial charge in [-0.15, -0.1) is 0 Å². The van der Waals surface area contributed by atoms with Gasteiger partial charge in [-0.05, 0) is 24.8 Å². The molecule has 1 aromatic rings. The summed E-state index contributed by atoms with van der Waals surface area (Å²) >= 11 is 6.13. The van der Waals surface area contributed by atoms with Crippen LogP contribution in [0.15, 0.2) is 12.3 Å². The summed E-state index contributed by atoms with van der Waals surface area (Å²) in [6.45, 7) is 0.555. The first kappa shape index (κ1) is 13.1. The highest BCUT2D eigenvalue weighted by Gasteiger charge is 2.24. The van der Waals surface area contributed by atoms with Gasteiger partial charge in [-0.25, -0.2) is 4.98 Å². The van der Waals surface area contributed by atoms with Crippen LogP contribution in [0.4, 0.5) is 5.82 Å². The Morgan fingerprint density at radius 3 is 2.89 bits per heavy atom. The van der Waals surface area contributed by atoms with Gasteiger partial charge < -0.3 is 11.1 Å². The third kappa shape index (κ3) is 2.74. The zero-order valence-corrected chi connectivity index (χ0v) is 11.0. The molecule has 1 unspecified atom stereocenters. The Labute approximate surface area is 112 Å². The summed E-state index contributed by atoms with van der Waals surface area (Å²) in [5, 5.41) is 12.6. The standard InChI is InChI=1S/C13H17ClN4/c14-12-10(7-15)5-6-17-13(12)18-11(8-16)9-3-1-2-4-9/h5-6,9,11H,1-4,8,16H2,(H,17,18). The van der Waals surface area contributed by atoms with Gasteiger partial charge in [0.05, 0.1) is 5.56 Å². The second kappa shape index (κ2) is 6.03. The molecule has 1 atom stereocenters. The number of hydrogen-bond acceptors (Lipinski definition) is 4. The topological polar surface area (TPSA) is 74.7 Å². The molecule has 1 aliphatic rings. The van der Waals surface area contributed by atoms with Crippen molar-refractivity contribution in [3.05, 3.63) is 22.8 Å². The van der Waals surface area contributed by atoms with Crippen molar-refractivity contribution in [2.75, 3.05) is 11.9 Å². The van der Waals surface area contributed by atoms with Crippen molar-refractivity contribution in [3.8, 4) is 6.07 Å². The Balaban J connectivity index is 2.14. The summed E-state index contributed by atoms with van der Waals surface area (Å²) in [6.07, 6.45) is 6.52. The van der Waals surface area contributed by atoms with Gasteiger partial charge in [-0.1, -0.05) is 24.4 Å². The number of aromatic nitrogens is 1. The van der Waals surface area contributed by atoms with Crippen LogP contribution in [0.25, 0.3) is 0 Å². The molecule has 0 amide bonds. The van der Waals surface area contributed by atoms with E-state index in [9.17, 15) is 0 Å². The van der Waals surface area contributed by atoms with Gasteiger partial charge in [-0.3, -0.25) is 0 Å². The monoisotopic (exact) mass is 264 g/mol. The van der Waals surface area contributed by atoms with E-state index in [4.69, 9.17) is 22.6 Å². The zero-order valence-electron chi connectivity index (χ0n) is 10.2. The van der Waals surface area contributed by atoms with Gasteiger partial charge in [0.1, 0.15) is 16.9 Å². The molecule has 0 saturated heterocycles. The van der Waals surface area contributed by atoms with E-state index < -0.39 is 0 Å². The highest BCUT2D eigenvalue weighted by atomic mass is 35.5. The third-order valence-corrected chi connectivity index (χ3v) is 3.94. The first-order valence-electron chi connectivity index (χ1n) is 6.27. The van der Waals surface area contributed by atoms with Crippen LogP contribution in [-0.4, -0.2) is 17.6 Å². The molecule has 1 heterocycles. The molecule has 0 radical (unpaired) electrons. The quantitative estimate of drug-likeness (QED) is 0.876. The molecule has 0 aliphatic heterocycles. The van der Waals surface area contributed by atoms with Gasteiger partial charge in [0, 0.05) is 18.8 Å². The second-order valence-electron chi connectivity index (χ2n) is 4.66. The minimum absolute atomic E-state index is 0.187. The highest BCUT2D eigenvalue weighted by molar-refractivity contribution is 6.34. The van der Waals surface area contributed by atoms with E-state index in [1.165, 1.54) is 25.7 Å². The van der Waals surface area contributed by atoms with Crippen LogP contribution in [0.3, 0.4) is 0 Å². The van der Waals surface area contributed by atoms with Gasteiger partial charge >= 0.3 is 0 Å². The number of nitrogens with two attached hydrogens (primary N) is 1. The number of nitrogens with one attached hydrogen (secondary N) is 1. The smallest absolute Gasteiger partial charge is 0.146 e. The predicted octanol–water partition coefficient (Wildman–Crippen LogP) is 2.54. The zero-order chi connectivity index (χ0) is 13.0. The van der Waals surface area contributed by atoms with Crippen LogP contribution in [0.2, 0.25) is 5.02 Å². The Kier molecular flexibility index (Phi) is 4.40. The van der Waals surface area contributed by atoms with Crippen molar-refractivity contribution in [1.29, 1.82) is 5.26 Å². The number of anilines is 1. The van der Waals surface area contributed by atoms with Crippen LogP contribution in [0.5, 0.6) is 0 Å². The fourth-order valence-electron chi connectivity index (χ4n) is 2.54. The number of nitriles is 1. The van der Waals surface area contributed by atoms with Crippen LogP contribution in [-0.2, 0) is 0 Å². The molecule has 0 spiro atoms. The molecule has 1 aliphatic carbocycles. The molecule has 3 N–H and O–H groups in total. The Hall–Kier alpha value is -1.31. The number of halogens is 1. The molecule has 0 bridgehead atoms. The van der Waals surface area contributed by atoms with Crippen molar-refractivity contribution >= 4 is 17.4 Å². The minimum Gasteiger partial charge on any atom is -0.365 e. The maximum absolute atomic E-state index is 8.93. The number of rotatable bonds is 4. The molecule has 1 aromatic heterocycles. The van der Waals surface area contributed by atoms with Crippen molar-refractivity contribution in [1.82, 2.24) is 4.98 Å². The summed E-state index contributed by atoms with van der Waals surface area (Å²) in [5.74, 6) is 1.15. The maximum atomic E-state index is 8.93. The molecule has 18 heavy (non-hydrogen) atoms. The van der Waals surface area contributed by atoms with E-state index in [-0.39, 0.29) is 6.04 Å². The molecular formula is C13H17ClN4. The lowest BCUT2D eigenvalue weighted by Gasteiger charge is -2.24. The van der Waals surface area contributed by atoms with Gasteiger partial charge in [-0.2, -0.15) is 5.26 Å². The lowest BCUT2D eigenvalue weighted by molar-refractivity contribution is 0.461. The van der Waals surface area contributed by atoms with Crippen molar-refractivity contribution in [2.24, 2.45) is 11.7 Å². The van der Waals surface area contributed by atoms with Gasteiger partial charge in [0.15, 0.2) is 0 Å². The van der Waals surface area contributed by atoms with E-state index in [0.717, 1.165) is 0 Å². The second-order valence-corrected chi connectivity index (χ2v) is 5.04. The summed E-state index contributed by atoms with van der Waals surface area (Å²) in [4.78, 5) is 4.20. The van der Waals surface area contributed by atoms with E-state index in [0.29, 0.717) is 28.9 Å². The number of nitrogens with zero attached hydrogens (tertiary/aromatic N) is 2. The SMILES string of the molecule is N#Cc1ccnc(NC(CN)C2CCCC2)c1Cl. The lowest BCUT2D eigenvalue weighted by atomic mass is 9.98. The summed E-state index contributed by atoms with van der Waals surface area (Å²) in [7, 11) is 0. The summed E-state index contributed by atoms with van der Waals surface area (Å²) in [5.41, 5.74) is 6.26. The van der Waals surface area contributed by atoms with E-state index in [2.05, 4.69) is 16.4 Å². The summed E-state index contributed by atoms with van der Waals surface area (Å²) in [6, 6.07) is 3.85. The average molecular weight is 265 g/mol. The largest absolute Gasteiger partial charge is 0.365 e. The Morgan fingerprint density at radius 2 is 2.28 bits per heavy atom.